The molecule has 47 heavy (non-hydrogen) atoms. The number of rotatable bonds is 4. The van der Waals surface area contributed by atoms with Gasteiger partial charge in [0.1, 0.15) is 0 Å². The molecular formula is C44H31N3. The average molecular weight is 602 g/mol. The van der Waals surface area contributed by atoms with Crippen LogP contribution in [0.2, 0.25) is 0 Å². The maximum atomic E-state index is 5.12. The van der Waals surface area contributed by atoms with E-state index in [0.29, 0.717) is 5.82 Å². The highest BCUT2D eigenvalue weighted by Gasteiger charge is 2.35. The Labute approximate surface area is 274 Å². The van der Waals surface area contributed by atoms with Gasteiger partial charge in [-0.1, -0.05) is 111 Å². The Morgan fingerprint density at radius 2 is 1.11 bits per heavy atom. The van der Waals surface area contributed by atoms with Crippen LogP contribution in [0, 0.1) is 0 Å². The molecule has 0 aliphatic heterocycles. The lowest BCUT2D eigenvalue weighted by Gasteiger charge is -2.21. The van der Waals surface area contributed by atoms with Crippen LogP contribution in [0.5, 0.6) is 0 Å². The van der Waals surface area contributed by atoms with Crippen LogP contribution in [0.15, 0.2) is 152 Å². The van der Waals surface area contributed by atoms with E-state index in [0.717, 1.165) is 39.2 Å². The molecule has 0 radical (unpaired) electrons. The van der Waals surface area contributed by atoms with E-state index in [-0.39, 0.29) is 5.41 Å². The van der Waals surface area contributed by atoms with Crippen LogP contribution in [0.3, 0.4) is 0 Å². The molecule has 9 rings (SSSR count). The SMILES string of the molecule is CC1(C)c2ccccc2-c2cc3c(ccc4cc(-c5cc(-c6cccc(-c7ccncc7)c6)nc(-c6ccccc6)n5)ccc43)cc21. The van der Waals surface area contributed by atoms with Crippen molar-refractivity contribution < 1.29 is 0 Å². The topological polar surface area (TPSA) is 38.7 Å². The van der Waals surface area contributed by atoms with Gasteiger partial charge in [-0.05, 0) is 97.4 Å². The van der Waals surface area contributed by atoms with E-state index in [1.54, 1.807) is 0 Å². The minimum Gasteiger partial charge on any atom is -0.265 e. The maximum Gasteiger partial charge on any atom is 0.160 e. The Hall–Kier alpha value is -5.93. The standard InChI is InChI=1S/C44H31N3/c1-44(2)39-14-7-6-13-36(39)38-26-37-32(25-40(38)44)16-15-31-24-34(17-18-35(31)37)42-27-41(46-43(47-42)29-9-4-3-5-10-29)33-12-8-11-30(23-33)28-19-21-45-22-20-28/h3-27H,1-2H3. The second-order valence-corrected chi connectivity index (χ2v) is 12.9. The van der Waals surface area contributed by atoms with Gasteiger partial charge in [0.05, 0.1) is 11.4 Å². The molecular weight excluding hydrogens is 571 g/mol. The Bertz CT molecular complexity index is 2480. The smallest absolute Gasteiger partial charge is 0.160 e. The van der Waals surface area contributed by atoms with Crippen LogP contribution in [-0.4, -0.2) is 15.0 Å². The Balaban J connectivity index is 1.19. The molecule has 0 atom stereocenters. The van der Waals surface area contributed by atoms with Crippen LogP contribution in [0.25, 0.3) is 77.7 Å². The first-order valence-corrected chi connectivity index (χ1v) is 16.1. The van der Waals surface area contributed by atoms with Crippen LogP contribution >= 0.6 is 0 Å². The molecule has 1 aliphatic carbocycles. The number of hydrogen-bond acceptors (Lipinski definition) is 3. The maximum absolute atomic E-state index is 5.12. The zero-order valence-corrected chi connectivity index (χ0v) is 26.3. The van der Waals surface area contributed by atoms with Crippen molar-refractivity contribution in [3.8, 4) is 56.2 Å². The van der Waals surface area contributed by atoms with E-state index >= 15 is 0 Å². The summed E-state index contributed by atoms with van der Waals surface area (Å²) in [6.45, 7) is 4.68. The number of fused-ring (bicyclic) bond motifs is 6. The average Bonchev–Trinajstić information content (AvgIpc) is 3.36. The number of pyridine rings is 1. The van der Waals surface area contributed by atoms with E-state index in [2.05, 4.69) is 128 Å². The predicted octanol–water partition coefficient (Wildman–Crippen LogP) is 11.2. The summed E-state index contributed by atoms with van der Waals surface area (Å²) in [6.07, 6.45) is 3.66. The molecule has 3 nitrogen and oxygen atoms in total. The van der Waals surface area contributed by atoms with Gasteiger partial charge in [-0.2, -0.15) is 0 Å². The third kappa shape index (κ3) is 4.54. The van der Waals surface area contributed by atoms with Crippen LogP contribution in [-0.2, 0) is 5.41 Å². The van der Waals surface area contributed by atoms with Crippen molar-refractivity contribution in [3.63, 3.8) is 0 Å². The molecule has 0 spiro atoms. The highest BCUT2D eigenvalue weighted by Crippen LogP contribution is 2.50. The molecule has 0 fully saturated rings. The Kier molecular flexibility index (Phi) is 6.16. The second kappa shape index (κ2) is 10.6. The molecule has 1 aliphatic rings. The normalized spacial score (nSPS) is 13.1. The molecule has 0 N–H and O–H groups in total. The third-order valence-corrected chi connectivity index (χ3v) is 9.76. The summed E-state index contributed by atoms with van der Waals surface area (Å²) in [7, 11) is 0. The van der Waals surface area contributed by atoms with Gasteiger partial charge in [0, 0.05) is 34.5 Å². The zero-order chi connectivity index (χ0) is 31.5. The van der Waals surface area contributed by atoms with Crippen LogP contribution in [0.4, 0.5) is 0 Å². The van der Waals surface area contributed by atoms with E-state index in [1.165, 1.54) is 43.8 Å². The van der Waals surface area contributed by atoms with Crippen LogP contribution in [0.1, 0.15) is 25.0 Å². The van der Waals surface area contributed by atoms with Crippen molar-refractivity contribution in [1.82, 2.24) is 15.0 Å². The number of nitrogens with zero attached hydrogens (tertiary/aromatic N) is 3. The van der Waals surface area contributed by atoms with Crippen LogP contribution < -0.4 is 0 Å². The summed E-state index contributed by atoms with van der Waals surface area (Å²) in [4.78, 5) is 14.4. The molecule has 0 amide bonds. The largest absolute Gasteiger partial charge is 0.265 e. The van der Waals surface area contributed by atoms with Gasteiger partial charge >= 0.3 is 0 Å². The first-order valence-electron chi connectivity index (χ1n) is 16.1. The van der Waals surface area contributed by atoms with E-state index in [1.807, 2.05) is 42.7 Å². The molecule has 222 valence electrons. The zero-order valence-electron chi connectivity index (χ0n) is 26.3. The molecule has 3 heteroatoms. The second-order valence-electron chi connectivity index (χ2n) is 12.9. The Morgan fingerprint density at radius 1 is 0.426 bits per heavy atom. The lowest BCUT2D eigenvalue weighted by atomic mass is 9.81. The summed E-state index contributed by atoms with van der Waals surface area (Å²) in [5.74, 6) is 0.711. The van der Waals surface area contributed by atoms with E-state index < -0.39 is 0 Å². The quantitative estimate of drug-likeness (QED) is 0.188. The number of benzene rings is 6. The van der Waals surface area contributed by atoms with Gasteiger partial charge in [-0.25, -0.2) is 9.97 Å². The fourth-order valence-electron chi connectivity index (χ4n) is 7.28. The lowest BCUT2D eigenvalue weighted by molar-refractivity contribution is 0.661. The van der Waals surface area contributed by atoms with Crippen molar-refractivity contribution in [2.24, 2.45) is 0 Å². The highest BCUT2D eigenvalue weighted by molar-refractivity contribution is 6.10. The predicted molar refractivity (Wildman–Crippen MR) is 194 cm³/mol. The molecule has 0 unspecified atom stereocenters. The summed E-state index contributed by atoms with van der Waals surface area (Å²) in [6, 6.07) is 49.9. The van der Waals surface area contributed by atoms with Crippen molar-refractivity contribution in [2.75, 3.05) is 0 Å². The molecule has 0 saturated carbocycles. The van der Waals surface area contributed by atoms with Crippen molar-refractivity contribution in [2.45, 2.75) is 19.3 Å². The van der Waals surface area contributed by atoms with Gasteiger partial charge < -0.3 is 0 Å². The number of hydrogen-bond donors (Lipinski definition) is 0. The van der Waals surface area contributed by atoms with Gasteiger partial charge in [0.15, 0.2) is 5.82 Å². The Morgan fingerprint density at radius 3 is 1.91 bits per heavy atom. The third-order valence-electron chi connectivity index (χ3n) is 9.76. The molecule has 8 aromatic rings. The van der Waals surface area contributed by atoms with E-state index in [9.17, 15) is 0 Å². The molecule has 0 saturated heterocycles. The summed E-state index contributed by atoms with van der Waals surface area (Å²) >= 11 is 0. The fourth-order valence-corrected chi connectivity index (χ4v) is 7.28. The molecule has 2 aromatic heterocycles. The molecule has 0 bridgehead atoms. The summed E-state index contributed by atoms with van der Waals surface area (Å²) in [5, 5.41) is 5.00. The van der Waals surface area contributed by atoms with Crippen molar-refractivity contribution in [3.05, 3.63) is 163 Å². The minimum atomic E-state index is -0.0159. The van der Waals surface area contributed by atoms with Crippen molar-refractivity contribution in [1.29, 1.82) is 0 Å². The highest BCUT2D eigenvalue weighted by atomic mass is 14.9. The van der Waals surface area contributed by atoms with Gasteiger partial charge in [-0.15, -0.1) is 0 Å². The lowest BCUT2D eigenvalue weighted by Crippen LogP contribution is -2.14. The van der Waals surface area contributed by atoms with Gasteiger partial charge in [-0.3, -0.25) is 4.98 Å². The summed E-state index contributed by atoms with van der Waals surface area (Å²) in [5.41, 5.74) is 12.6. The monoisotopic (exact) mass is 601 g/mol. The van der Waals surface area contributed by atoms with Gasteiger partial charge in [0.2, 0.25) is 0 Å². The fraction of sp³-hybridized carbons (Fsp3) is 0.0682. The molecule has 2 heterocycles. The van der Waals surface area contributed by atoms with Crippen molar-refractivity contribution >= 4 is 21.5 Å². The van der Waals surface area contributed by atoms with E-state index in [4.69, 9.17) is 9.97 Å². The van der Waals surface area contributed by atoms with Gasteiger partial charge in [0.25, 0.3) is 0 Å². The first-order chi connectivity index (χ1) is 23.0. The molecule has 6 aromatic carbocycles. The first kappa shape index (κ1) is 27.4. The number of aromatic nitrogens is 3. The minimum absolute atomic E-state index is 0.0159. The summed E-state index contributed by atoms with van der Waals surface area (Å²) < 4.78 is 0.